The average molecular weight is 364 g/mol. The highest BCUT2D eigenvalue weighted by atomic mass is 32.1. The van der Waals surface area contributed by atoms with Crippen molar-refractivity contribution in [3.63, 3.8) is 0 Å². The lowest BCUT2D eigenvalue weighted by atomic mass is 10.0. The van der Waals surface area contributed by atoms with Gasteiger partial charge in [-0.1, -0.05) is 30.7 Å². The first-order valence-electron chi connectivity index (χ1n) is 9.47. The molecule has 3 aromatic rings. The van der Waals surface area contributed by atoms with E-state index >= 15 is 0 Å². The second-order valence-corrected chi connectivity index (χ2v) is 8.11. The molecular weight excluding hydrogens is 338 g/mol. The minimum absolute atomic E-state index is 0.951. The highest BCUT2D eigenvalue weighted by molar-refractivity contribution is 7.15. The van der Waals surface area contributed by atoms with Gasteiger partial charge in [-0.25, -0.2) is 4.98 Å². The van der Waals surface area contributed by atoms with Gasteiger partial charge in [0.05, 0.1) is 21.3 Å². The van der Waals surface area contributed by atoms with E-state index in [2.05, 4.69) is 60.1 Å². The predicted octanol–water partition coefficient (Wildman–Crippen LogP) is 5.34. The summed E-state index contributed by atoms with van der Waals surface area (Å²) in [4.78, 5) is 13.3. The Morgan fingerprint density at radius 2 is 1.92 bits per heavy atom. The van der Waals surface area contributed by atoms with Crippen molar-refractivity contribution >= 4 is 11.3 Å². The number of pyridine rings is 1. The molecule has 134 valence electrons. The average Bonchev–Trinajstić information content (AvgIpc) is 3.31. The van der Waals surface area contributed by atoms with Gasteiger partial charge < -0.3 is 0 Å². The van der Waals surface area contributed by atoms with E-state index in [9.17, 15) is 0 Å². The molecule has 0 amide bonds. The molecule has 1 fully saturated rings. The van der Waals surface area contributed by atoms with Crippen LogP contribution in [0.1, 0.15) is 36.0 Å². The SMILES string of the molecule is CCc1nc(-c2cccc(C)c2)c(-c2ccnc(CN3CCCC3)c2)s1. The van der Waals surface area contributed by atoms with Gasteiger partial charge >= 0.3 is 0 Å². The first-order valence-corrected chi connectivity index (χ1v) is 10.3. The lowest BCUT2D eigenvalue weighted by Gasteiger charge is -2.14. The summed E-state index contributed by atoms with van der Waals surface area (Å²) in [7, 11) is 0. The molecule has 26 heavy (non-hydrogen) atoms. The van der Waals surface area contributed by atoms with Gasteiger partial charge in [-0.15, -0.1) is 11.3 Å². The van der Waals surface area contributed by atoms with E-state index < -0.39 is 0 Å². The van der Waals surface area contributed by atoms with Crippen LogP contribution in [0.4, 0.5) is 0 Å². The van der Waals surface area contributed by atoms with E-state index in [-0.39, 0.29) is 0 Å². The molecule has 1 aliphatic rings. The number of aromatic nitrogens is 2. The van der Waals surface area contributed by atoms with Gasteiger partial charge in [0.2, 0.25) is 0 Å². The van der Waals surface area contributed by atoms with E-state index in [1.54, 1.807) is 0 Å². The number of likely N-dealkylation sites (tertiary alicyclic amines) is 1. The number of hydrogen-bond donors (Lipinski definition) is 0. The van der Waals surface area contributed by atoms with Gasteiger partial charge in [0.1, 0.15) is 0 Å². The molecular formula is C22H25N3S. The molecule has 0 atom stereocenters. The number of thiazole rings is 1. The number of hydrogen-bond acceptors (Lipinski definition) is 4. The van der Waals surface area contributed by atoms with E-state index in [4.69, 9.17) is 4.98 Å². The van der Waals surface area contributed by atoms with Crippen molar-refractivity contribution in [1.29, 1.82) is 0 Å². The summed E-state index contributed by atoms with van der Waals surface area (Å²) in [5, 5.41) is 1.19. The smallest absolute Gasteiger partial charge is 0.0936 e. The second kappa shape index (κ2) is 7.68. The summed E-state index contributed by atoms with van der Waals surface area (Å²) in [5.74, 6) is 0. The third-order valence-corrected chi connectivity index (χ3v) is 6.18. The van der Waals surface area contributed by atoms with Crippen LogP contribution in [0.25, 0.3) is 21.7 Å². The van der Waals surface area contributed by atoms with Gasteiger partial charge in [-0.05, 0) is 63.0 Å². The third-order valence-electron chi connectivity index (χ3n) is 4.93. The normalized spacial score (nSPS) is 14.8. The highest BCUT2D eigenvalue weighted by Crippen LogP contribution is 2.37. The molecule has 1 saturated heterocycles. The minimum Gasteiger partial charge on any atom is -0.298 e. The van der Waals surface area contributed by atoms with Crippen LogP contribution in [-0.2, 0) is 13.0 Å². The predicted molar refractivity (Wildman–Crippen MR) is 109 cm³/mol. The molecule has 0 saturated carbocycles. The topological polar surface area (TPSA) is 29.0 Å². The summed E-state index contributed by atoms with van der Waals surface area (Å²) >= 11 is 1.81. The Kier molecular flexibility index (Phi) is 5.14. The fourth-order valence-electron chi connectivity index (χ4n) is 3.58. The Hall–Kier alpha value is -2.04. The van der Waals surface area contributed by atoms with Crippen molar-refractivity contribution in [3.8, 4) is 21.7 Å². The Morgan fingerprint density at radius 3 is 2.69 bits per heavy atom. The van der Waals surface area contributed by atoms with Crippen LogP contribution in [0.3, 0.4) is 0 Å². The molecule has 3 heterocycles. The van der Waals surface area contributed by atoms with Crippen molar-refractivity contribution in [1.82, 2.24) is 14.9 Å². The summed E-state index contributed by atoms with van der Waals surface area (Å²) < 4.78 is 0. The van der Waals surface area contributed by atoms with Gasteiger partial charge in [0.25, 0.3) is 0 Å². The van der Waals surface area contributed by atoms with Crippen molar-refractivity contribution in [2.45, 2.75) is 39.7 Å². The van der Waals surface area contributed by atoms with Gasteiger partial charge in [-0.3, -0.25) is 9.88 Å². The summed E-state index contributed by atoms with van der Waals surface area (Å²) in [6.07, 6.45) is 5.54. The standard InChI is InChI=1S/C22H25N3S/c1-3-20-24-21(17-8-6-7-16(2)13-17)22(26-20)18-9-10-23-19(14-18)15-25-11-4-5-12-25/h6-10,13-14H,3-5,11-12,15H2,1-2H3. The Morgan fingerprint density at radius 1 is 1.08 bits per heavy atom. The first-order chi connectivity index (χ1) is 12.7. The van der Waals surface area contributed by atoms with Gasteiger partial charge in [0, 0.05) is 18.3 Å². The van der Waals surface area contributed by atoms with E-state index in [0.29, 0.717) is 0 Å². The summed E-state index contributed by atoms with van der Waals surface area (Å²) in [5.41, 5.74) is 5.97. The van der Waals surface area contributed by atoms with Crippen LogP contribution in [0, 0.1) is 6.92 Å². The number of aryl methyl sites for hydroxylation is 2. The number of nitrogens with zero attached hydrogens (tertiary/aromatic N) is 3. The largest absolute Gasteiger partial charge is 0.298 e. The van der Waals surface area contributed by atoms with Crippen LogP contribution in [0.2, 0.25) is 0 Å². The lowest BCUT2D eigenvalue weighted by molar-refractivity contribution is 0.327. The lowest BCUT2D eigenvalue weighted by Crippen LogP contribution is -2.19. The number of rotatable bonds is 5. The Balaban J connectivity index is 1.72. The zero-order valence-electron chi connectivity index (χ0n) is 15.5. The highest BCUT2D eigenvalue weighted by Gasteiger charge is 2.17. The maximum atomic E-state index is 4.94. The van der Waals surface area contributed by atoms with Crippen LogP contribution >= 0.6 is 11.3 Å². The minimum atomic E-state index is 0.951. The Bertz CT molecular complexity index is 894. The van der Waals surface area contributed by atoms with Crippen molar-refractivity contribution in [2.24, 2.45) is 0 Å². The molecule has 0 aliphatic carbocycles. The zero-order chi connectivity index (χ0) is 17.9. The molecule has 4 rings (SSSR count). The van der Waals surface area contributed by atoms with Crippen LogP contribution in [-0.4, -0.2) is 28.0 Å². The molecule has 3 nitrogen and oxygen atoms in total. The van der Waals surface area contributed by atoms with Crippen molar-refractivity contribution in [2.75, 3.05) is 13.1 Å². The molecule has 4 heteroatoms. The monoisotopic (exact) mass is 363 g/mol. The van der Waals surface area contributed by atoms with E-state index in [1.807, 2.05) is 17.5 Å². The maximum absolute atomic E-state index is 4.94. The second-order valence-electron chi connectivity index (χ2n) is 7.03. The van der Waals surface area contributed by atoms with Gasteiger partial charge in [0.15, 0.2) is 0 Å². The third kappa shape index (κ3) is 3.71. The van der Waals surface area contributed by atoms with Crippen LogP contribution in [0.15, 0.2) is 42.6 Å². The van der Waals surface area contributed by atoms with Crippen molar-refractivity contribution in [3.05, 3.63) is 58.9 Å². The molecule has 0 radical (unpaired) electrons. The molecule has 2 aromatic heterocycles. The zero-order valence-corrected chi connectivity index (χ0v) is 16.4. The number of benzene rings is 1. The molecule has 0 unspecified atom stereocenters. The van der Waals surface area contributed by atoms with Crippen LogP contribution in [0.5, 0.6) is 0 Å². The first kappa shape index (κ1) is 17.4. The maximum Gasteiger partial charge on any atom is 0.0936 e. The molecule has 0 N–H and O–H groups in total. The summed E-state index contributed by atoms with van der Waals surface area (Å²) in [6.45, 7) is 7.65. The molecule has 0 bridgehead atoms. The quantitative estimate of drug-likeness (QED) is 0.613. The Labute approximate surface area is 159 Å². The van der Waals surface area contributed by atoms with Crippen molar-refractivity contribution < 1.29 is 0 Å². The van der Waals surface area contributed by atoms with Crippen LogP contribution < -0.4 is 0 Å². The molecule has 1 aromatic carbocycles. The fraction of sp³-hybridized carbons (Fsp3) is 0.364. The molecule has 0 spiro atoms. The van der Waals surface area contributed by atoms with Gasteiger partial charge in [-0.2, -0.15) is 0 Å². The van der Waals surface area contributed by atoms with E-state index in [0.717, 1.165) is 24.4 Å². The fourth-order valence-corrected chi connectivity index (χ4v) is 4.60. The molecule has 1 aliphatic heterocycles. The van der Waals surface area contributed by atoms with E-state index in [1.165, 1.54) is 52.5 Å². The summed E-state index contributed by atoms with van der Waals surface area (Å²) in [6, 6.07) is 13.0.